The highest BCUT2D eigenvalue weighted by Gasteiger charge is 2.24. The van der Waals surface area contributed by atoms with Crippen LogP contribution in [0.25, 0.3) is 0 Å². The summed E-state index contributed by atoms with van der Waals surface area (Å²) in [4.78, 5) is 0. The molecular formula is C13H20N2. The molecule has 1 aliphatic rings. The Hall–Kier alpha value is -0.860. The number of nitrogens with two attached hydrogens (primary N) is 1. The van der Waals surface area contributed by atoms with Crippen LogP contribution in [0.15, 0.2) is 24.3 Å². The standard InChI is InChI=1S/C13H20N2/c1-10-2-4-11(5-3-10)8-13(15-14)9-12-6-7-12/h2-5,12-13,15H,6-9,14H2,1H3. The van der Waals surface area contributed by atoms with E-state index in [4.69, 9.17) is 5.84 Å². The van der Waals surface area contributed by atoms with E-state index >= 15 is 0 Å². The number of benzene rings is 1. The Morgan fingerprint density at radius 3 is 2.53 bits per heavy atom. The number of nitrogens with one attached hydrogen (secondary N) is 1. The van der Waals surface area contributed by atoms with Crippen molar-refractivity contribution in [2.45, 2.75) is 38.6 Å². The summed E-state index contributed by atoms with van der Waals surface area (Å²) < 4.78 is 0. The van der Waals surface area contributed by atoms with Crippen molar-refractivity contribution in [2.24, 2.45) is 11.8 Å². The van der Waals surface area contributed by atoms with Gasteiger partial charge in [0.1, 0.15) is 0 Å². The molecule has 0 bridgehead atoms. The van der Waals surface area contributed by atoms with E-state index in [9.17, 15) is 0 Å². The van der Waals surface area contributed by atoms with Gasteiger partial charge in [-0.25, -0.2) is 0 Å². The van der Waals surface area contributed by atoms with Gasteiger partial charge in [0.25, 0.3) is 0 Å². The average molecular weight is 204 g/mol. The molecule has 0 saturated heterocycles. The first kappa shape index (κ1) is 10.7. The number of hydrazine groups is 1. The van der Waals surface area contributed by atoms with Gasteiger partial charge < -0.3 is 0 Å². The summed E-state index contributed by atoms with van der Waals surface area (Å²) in [6, 6.07) is 9.18. The summed E-state index contributed by atoms with van der Waals surface area (Å²) in [7, 11) is 0. The van der Waals surface area contributed by atoms with Crippen molar-refractivity contribution >= 4 is 0 Å². The lowest BCUT2D eigenvalue weighted by atomic mass is 10.0. The summed E-state index contributed by atoms with van der Waals surface area (Å²) in [5.41, 5.74) is 5.63. The molecular weight excluding hydrogens is 184 g/mol. The molecule has 3 N–H and O–H groups in total. The van der Waals surface area contributed by atoms with Crippen LogP contribution in [-0.2, 0) is 6.42 Å². The van der Waals surface area contributed by atoms with E-state index in [2.05, 4.69) is 36.6 Å². The lowest BCUT2D eigenvalue weighted by molar-refractivity contribution is 0.466. The number of aryl methyl sites for hydroxylation is 1. The van der Waals surface area contributed by atoms with Crippen LogP contribution in [0.1, 0.15) is 30.4 Å². The first-order valence-electron chi connectivity index (χ1n) is 5.79. The quantitative estimate of drug-likeness (QED) is 0.570. The molecule has 0 heterocycles. The van der Waals surface area contributed by atoms with E-state index in [1.54, 1.807) is 0 Å². The second-order valence-corrected chi connectivity index (χ2v) is 4.73. The van der Waals surface area contributed by atoms with Crippen molar-refractivity contribution < 1.29 is 0 Å². The zero-order valence-electron chi connectivity index (χ0n) is 9.37. The van der Waals surface area contributed by atoms with E-state index in [1.807, 2.05) is 0 Å². The molecule has 1 fully saturated rings. The van der Waals surface area contributed by atoms with E-state index in [0.717, 1.165) is 12.3 Å². The Morgan fingerprint density at radius 1 is 1.33 bits per heavy atom. The SMILES string of the molecule is Cc1ccc(CC(CC2CC2)NN)cc1. The highest BCUT2D eigenvalue weighted by atomic mass is 15.2. The third-order valence-corrected chi connectivity index (χ3v) is 3.15. The smallest absolute Gasteiger partial charge is 0.0253 e. The molecule has 1 aromatic rings. The Kier molecular flexibility index (Phi) is 3.39. The molecule has 1 unspecified atom stereocenters. The zero-order valence-corrected chi connectivity index (χ0v) is 9.37. The topological polar surface area (TPSA) is 38.0 Å². The number of rotatable bonds is 5. The van der Waals surface area contributed by atoms with E-state index in [-0.39, 0.29) is 0 Å². The fraction of sp³-hybridized carbons (Fsp3) is 0.538. The largest absolute Gasteiger partial charge is 0.271 e. The van der Waals surface area contributed by atoms with Crippen molar-refractivity contribution in [1.82, 2.24) is 5.43 Å². The molecule has 1 atom stereocenters. The van der Waals surface area contributed by atoms with Gasteiger partial charge in [-0.05, 0) is 31.2 Å². The number of hydrogen-bond acceptors (Lipinski definition) is 2. The summed E-state index contributed by atoms with van der Waals surface area (Å²) in [5.74, 6) is 6.50. The van der Waals surface area contributed by atoms with Gasteiger partial charge in [0.15, 0.2) is 0 Å². The molecule has 1 aromatic carbocycles. The van der Waals surface area contributed by atoms with Crippen molar-refractivity contribution in [3.63, 3.8) is 0 Å². The highest BCUT2D eigenvalue weighted by Crippen LogP contribution is 2.33. The zero-order chi connectivity index (χ0) is 10.7. The Balaban J connectivity index is 1.89. The maximum Gasteiger partial charge on any atom is 0.0253 e. The minimum absolute atomic E-state index is 0.445. The van der Waals surface area contributed by atoms with Gasteiger partial charge in [0.2, 0.25) is 0 Å². The fourth-order valence-electron chi connectivity index (χ4n) is 1.97. The minimum Gasteiger partial charge on any atom is -0.271 e. The van der Waals surface area contributed by atoms with Crippen molar-refractivity contribution in [1.29, 1.82) is 0 Å². The summed E-state index contributed by atoms with van der Waals surface area (Å²) in [6.07, 6.45) is 5.07. The van der Waals surface area contributed by atoms with Gasteiger partial charge in [-0.1, -0.05) is 42.7 Å². The van der Waals surface area contributed by atoms with Crippen LogP contribution in [-0.4, -0.2) is 6.04 Å². The Morgan fingerprint density at radius 2 is 2.00 bits per heavy atom. The first-order valence-corrected chi connectivity index (χ1v) is 5.79. The van der Waals surface area contributed by atoms with Crippen LogP contribution in [0.5, 0.6) is 0 Å². The minimum atomic E-state index is 0.445. The maximum atomic E-state index is 5.58. The maximum absolute atomic E-state index is 5.58. The molecule has 0 aliphatic heterocycles. The van der Waals surface area contributed by atoms with Gasteiger partial charge in [-0.3, -0.25) is 11.3 Å². The summed E-state index contributed by atoms with van der Waals surface area (Å²) in [5, 5.41) is 0. The molecule has 0 aromatic heterocycles. The molecule has 82 valence electrons. The lowest BCUT2D eigenvalue weighted by Gasteiger charge is -2.15. The van der Waals surface area contributed by atoms with Crippen molar-refractivity contribution in [2.75, 3.05) is 0 Å². The normalized spacial score (nSPS) is 17.7. The average Bonchev–Trinajstić information content (AvgIpc) is 3.04. The van der Waals surface area contributed by atoms with Gasteiger partial charge in [-0.2, -0.15) is 0 Å². The van der Waals surface area contributed by atoms with E-state index in [1.165, 1.54) is 30.4 Å². The molecule has 15 heavy (non-hydrogen) atoms. The lowest BCUT2D eigenvalue weighted by Crippen LogP contribution is -2.37. The molecule has 0 amide bonds. The Bertz CT molecular complexity index is 301. The van der Waals surface area contributed by atoms with Crippen LogP contribution >= 0.6 is 0 Å². The molecule has 0 spiro atoms. The number of hydrogen-bond donors (Lipinski definition) is 2. The van der Waals surface area contributed by atoms with Crippen LogP contribution in [0.2, 0.25) is 0 Å². The molecule has 1 saturated carbocycles. The predicted octanol–water partition coefficient (Wildman–Crippen LogP) is 2.17. The molecule has 0 radical (unpaired) electrons. The van der Waals surface area contributed by atoms with Gasteiger partial charge in [-0.15, -0.1) is 0 Å². The fourth-order valence-corrected chi connectivity index (χ4v) is 1.97. The molecule has 2 rings (SSSR count). The van der Waals surface area contributed by atoms with E-state index in [0.29, 0.717) is 6.04 Å². The first-order chi connectivity index (χ1) is 7.28. The second kappa shape index (κ2) is 4.77. The summed E-state index contributed by atoms with van der Waals surface area (Å²) in [6.45, 7) is 2.12. The van der Waals surface area contributed by atoms with Crippen LogP contribution in [0.3, 0.4) is 0 Å². The second-order valence-electron chi connectivity index (χ2n) is 4.73. The monoisotopic (exact) mass is 204 g/mol. The predicted molar refractivity (Wildman–Crippen MR) is 63.3 cm³/mol. The van der Waals surface area contributed by atoms with Gasteiger partial charge in [0.05, 0.1) is 0 Å². The third-order valence-electron chi connectivity index (χ3n) is 3.15. The summed E-state index contributed by atoms with van der Waals surface area (Å²) >= 11 is 0. The Labute approximate surface area is 91.8 Å². The van der Waals surface area contributed by atoms with Crippen LogP contribution < -0.4 is 11.3 Å². The van der Waals surface area contributed by atoms with Gasteiger partial charge in [0, 0.05) is 6.04 Å². The van der Waals surface area contributed by atoms with Gasteiger partial charge >= 0.3 is 0 Å². The van der Waals surface area contributed by atoms with Crippen molar-refractivity contribution in [3.05, 3.63) is 35.4 Å². The van der Waals surface area contributed by atoms with Crippen molar-refractivity contribution in [3.8, 4) is 0 Å². The molecule has 2 heteroatoms. The van der Waals surface area contributed by atoms with Crippen LogP contribution in [0.4, 0.5) is 0 Å². The third kappa shape index (κ3) is 3.33. The molecule has 2 nitrogen and oxygen atoms in total. The van der Waals surface area contributed by atoms with Crippen LogP contribution in [0, 0.1) is 12.8 Å². The highest BCUT2D eigenvalue weighted by molar-refractivity contribution is 5.22. The van der Waals surface area contributed by atoms with E-state index < -0.39 is 0 Å². The molecule has 1 aliphatic carbocycles.